The Morgan fingerprint density at radius 1 is 0.971 bits per heavy atom. The highest BCUT2D eigenvalue weighted by molar-refractivity contribution is 5.95. The van der Waals surface area contributed by atoms with E-state index in [0.717, 1.165) is 19.5 Å². The lowest BCUT2D eigenvalue weighted by molar-refractivity contribution is -0.385. The molecule has 1 fully saturated rings. The van der Waals surface area contributed by atoms with Crippen molar-refractivity contribution in [3.05, 3.63) is 46.0 Å². The number of nitro benzene ring substituents is 1. The van der Waals surface area contributed by atoms with Crippen LogP contribution in [0.3, 0.4) is 0 Å². The molecule has 0 radical (unpaired) electrons. The molecule has 35 heavy (non-hydrogen) atoms. The van der Waals surface area contributed by atoms with Gasteiger partial charge in [0.25, 0.3) is 5.91 Å². The molecule has 1 heterocycles. The Bertz CT molecular complexity index is 1050. The Morgan fingerprint density at radius 2 is 1.57 bits per heavy atom. The molecular weight excluding hydrogens is 454 g/mol. The summed E-state index contributed by atoms with van der Waals surface area (Å²) in [4.78, 5) is 28.5. The zero-order valence-corrected chi connectivity index (χ0v) is 21.1. The van der Waals surface area contributed by atoms with E-state index in [-0.39, 0.29) is 34.2 Å². The van der Waals surface area contributed by atoms with E-state index >= 15 is 0 Å². The van der Waals surface area contributed by atoms with E-state index in [1.54, 1.807) is 23.1 Å². The first kappa shape index (κ1) is 26.1. The predicted molar refractivity (Wildman–Crippen MR) is 131 cm³/mol. The van der Waals surface area contributed by atoms with Gasteiger partial charge >= 0.3 is 5.69 Å². The second-order valence-electron chi connectivity index (χ2n) is 8.85. The molecule has 0 saturated carbocycles. The molecule has 0 N–H and O–H groups in total. The summed E-state index contributed by atoms with van der Waals surface area (Å²) >= 11 is 0. The minimum atomic E-state index is -0.564. The smallest absolute Gasteiger partial charge is 0.312 e. The summed E-state index contributed by atoms with van der Waals surface area (Å²) in [6.45, 7) is 9.20. The summed E-state index contributed by atoms with van der Waals surface area (Å²) in [5.41, 5.74) is 0.00667. The molecule has 0 aliphatic carbocycles. The largest absolute Gasteiger partial charge is 0.493 e. The number of piperazine rings is 1. The third-order valence-electron chi connectivity index (χ3n) is 6.56. The Balaban J connectivity index is 1.83. The van der Waals surface area contributed by atoms with Gasteiger partial charge in [0, 0.05) is 55.5 Å². The molecule has 0 aromatic heterocycles. The van der Waals surface area contributed by atoms with Gasteiger partial charge in [-0.3, -0.25) is 19.8 Å². The maximum Gasteiger partial charge on any atom is 0.312 e. The van der Waals surface area contributed by atoms with E-state index in [4.69, 9.17) is 18.9 Å². The monoisotopic (exact) mass is 487 g/mol. The average molecular weight is 488 g/mol. The number of carbonyl (C=O) groups is 1. The van der Waals surface area contributed by atoms with Crippen molar-refractivity contribution in [2.24, 2.45) is 0 Å². The molecule has 0 spiro atoms. The zero-order chi connectivity index (χ0) is 25.8. The van der Waals surface area contributed by atoms with Crippen molar-refractivity contribution in [3.63, 3.8) is 0 Å². The Labute approximate surface area is 205 Å². The first-order valence-electron chi connectivity index (χ1n) is 11.5. The number of ether oxygens (including phenoxy) is 4. The van der Waals surface area contributed by atoms with Crippen LogP contribution in [0.25, 0.3) is 0 Å². The van der Waals surface area contributed by atoms with Gasteiger partial charge in [0.05, 0.1) is 26.3 Å². The van der Waals surface area contributed by atoms with E-state index in [1.807, 2.05) is 0 Å². The Morgan fingerprint density at radius 3 is 2.06 bits per heavy atom. The minimum Gasteiger partial charge on any atom is -0.493 e. The van der Waals surface area contributed by atoms with Crippen LogP contribution in [0, 0.1) is 10.1 Å². The number of nitro groups is 1. The number of hydrogen-bond acceptors (Lipinski definition) is 8. The molecule has 0 unspecified atom stereocenters. The van der Waals surface area contributed by atoms with Gasteiger partial charge in [-0.25, -0.2) is 0 Å². The van der Waals surface area contributed by atoms with Crippen LogP contribution in [0.1, 0.15) is 37.6 Å². The first-order chi connectivity index (χ1) is 16.6. The summed E-state index contributed by atoms with van der Waals surface area (Å²) in [5, 5.41) is 11.8. The molecule has 2 aromatic rings. The quantitative estimate of drug-likeness (QED) is 0.380. The van der Waals surface area contributed by atoms with Gasteiger partial charge in [0.2, 0.25) is 11.5 Å². The number of benzene rings is 2. The molecule has 10 nitrogen and oxygen atoms in total. The highest BCUT2D eigenvalue weighted by Gasteiger charge is 2.31. The molecular formula is C25H33N3O7. The first-order valence-corrected chi connectivity index (χ1v) is 11.5. The van der Waals surface area contributed by atoms with E-state index in [1.165, 1.54) is 33.5 Å². The fraction of sp³-hybridized carbons (Fsp3) is 0.480. The summed E-state index contributed by atoms with van der Waals surface area (Å²) < 4.78 is 21.7. The number of amides is 1. The lowest BCUT2D eigenvalue weighted by Crippen LogP contribution is -2.55. The molecule has 1 aliphatic rings. The van der Waals surface area contributed by atoms with Crippen LogP contribution in [0.2, 0.25) is 0 Å². The fourth-order valence-electron chi connectivity index (χ4n) is 4.04. The third-order valence-corrected chi connectivity index (χ3v) is 6.56. The molecule has 10 heteroatoms. The van der Waals surface area contributed by atoms with E-state index in [9.17, 15) is 14.9 Å². The third kappa shape index (κ3) is 5.59. The number of methoxy groups -OCH3 is 3. The summed E-state index contributed by atoms with van der Waals surface area (Å²) in [6.07, 6.45) is 1.01. The summed E-state index contributed by atoms with van der Waals surface area (Å²) in [6, 6.07) is 7.33. The molecule has 1 aliphatic heterocycles. The van der Waals surface area contributed by atoms with Crippen molar-refractivity contribution in [2.75, 3.05) is 47.5 Å². The van der Waals surface area contributed by atoms with Crippen molar-refractivity contribution in [1.82, 2.24) is 9.80 Å². The van der Waals surface area contributed by atoms with Gasteiger partial charge in [-0.05, 0) is 32.4 Å². The maximum atomic E-state index is 13.1. The number of carbonyl (C=O) groups excluding carboxylic acids is 1. The van der Waals surface area contributed by atoms with Crippen molar-refractivity contribution in [3.8, 4) is 28.7 Å². The molecule has 3 rings (SSSR count). The molecule has 0 atom stereocenters. The van der Waals surface area contributed by atoms with Crippen LogP contribution in [-0.4, -0.2) is 73.7 Å². The number of nitrogens with zero attached hydrogens (tertiary/aromatic N) is 3. The van der Waals surface area contributed by atoms with Crippen molar-refractivity contribution < 1.29 is 28.7 Å². The molecule has 1 amide bonds. The fourth-order valence-corrected chi connectivity index (χ4v) is 4.04. The number of rotatable bonds is 9. The van der Waals surface area contributed by atoms with Crippen LogP contribution in [-0.2, 0) is 0 Å². The highest BCUT2D eigenvalue weighted by Crippen LogP contribution is 2.43. The van der Waals surface area contributed by atoms with Gasteiger partial charge in [0.15, 0.2) is 11.5 Å². The second-order valence-corrected chi connectivity index (χ2v) is 8.85. The van der Waals surface area contributed by atoms with Gasteiger partial charge < -0.3 is 23.8 Å². The molecule has 1 saturated heterocycles. The summed E-state index contributed by atoms with van der Waals surface area (Å²) in [5.74, 6) is 1.09. The average Bonchev–Trinajstić information content (AvgIpc) is 2.87. The molecule has 2 aromatic carbocycles. The van der Waals surface area contributed by atoms with Gasteiger partial charge in [-0.1, -0.05) is 6.92 Å². The lowest BCUT2D eigenvalue weighted by atomic mass is 9.98. The zero-order valence-electron chi connectivity index (χ0n) is 21.1. The van der Waals surface area contributed by atoms with Crippen molar-refractivity contribution in [1.29, 1.82) is 0 Å². The van der Waals surface area contributed by atoms with Crippen LogP contribution in [0.5, 0.6) is 28.7 Å². The van der Waals surface area contributed by atoms with Crippen LogP contribution < -0.4 is 18.9 Å². The molecule has 0 bridgehead atoms. The summed E-state index contributed by atoms with van der Waals surface area (Å²) in [7, 11) is 4.41. The van der Waals surface area contributed by atoms with E-state index < -0.39 is 4.92 Å². The van der Waals surface area contributed by atoms with Crippen molar-refractivity contribution in [2.45, 2.75) is 32.7 Å². The minimum absolute atomic E-state index is 0.00432. The van der Waals surface area contributed by atoms with Crippen LogP contribution in [0.4, 0.5) is 5.69 Å². The number of hydrogen-bond donors (Lipinski definition) is 0. The lowest BCUT2D eigenvalue weighted by Gasteiger charge is -2.43. The predicted octanol–water partition coefficient (Wildman–Crippen LogP) is 4.36. The molecule has 190 valence electrons. The Kier molecular flexibility index (Phi) is 8.06. The van der Waals surface area contributed by atoms with E-state index in [2.05, 4.69) is 25.7 Å². The normalized spacial score (nSPS) is 14.4. The second kappa shape index (κ2) is 10.8. The van der Waals surface area contributed by atoms with Crippen molar-refractivity contribution >= 4 is 11.6 Å². The standard InChI is InChI=1S/C25H33N3O7/c1-7-25(2,3)27-12-10-26(11-13-27)24(29)17-8-9-20(19(14-17)28(30)31)35-18-15-21(32-4)23(34-6)22(16-18)33-5/h8-9,14-16H,7,10-13H2,1-6H3. The SMILES string of the molecule is CCC(C)(C)N1CCN(C(=O)c2ccc(Oc3cc(OC)c(OC)c(OC)c3)c([N+](=O)[O-])c2)CC1. The topological polar surface area (TPSA) is 104 Å². The maximum absolute atomic E-state index is 13.1. The Hall–Kier alpha value is -3.53. The van der Waals surface area contributed by atoms with Crippen LogP contribution in [0.15, 0.2) is 30.3 Å². The van der Waals surface area contributed by atoms with Gasteiger partial charge in [0.1, 0.15) is 5.75 Å². The van der Waals surface area contributed by atoms with Gasteiger partial charge in [-0.2, -0.15) is 0 Å². The van der Waals surface area contributed by atoms with Crippen LogP contribution >= 0.6 is 0 Å². The van der Waals surface area contributed by atoms with Gasteiger partial charge in [-0.15, -0.1) is 0 Å². The van der Waals surface area contributed by atoms with E-state index in [0.29, 0.717) is 30.3 Å². The highest BCUT2D eigenvalue weighted by atomic mass is 16.6.